The predicted octanol–water partition coefficient (Wildman–Crippen LogP) is 3.83. The molecule has 0 aliphatic heterocycles. The molecule has 0 radical (unpaired) electrons. The SMILES string of the molecule is CCN(CC)C(=O)CSc1nc2ccc(NC(=O)CCC(C)=NO)cc2s1. The molecule has 146 valence electrons. The maximum Gasteiger partial charge on any atom is 0.232 e. The van der Waals surface area contributed by atoms with Gasteiger partial charge in [0, 0.05) is 25.2 Å². The van der Waals surface area contributed by atoms with Gasteiger partial charge in [0.25, 0.3) is 0 Å². The number of rotatable bonds is 9. The summed E-state index contributed by atoms with van der Waals surface area (Å²) >= 11 is 2.95. The molecule has 0 saturated heterocycles. The number of thiazole rings is 1. The van der Waals surface area contributed by atoms with Crippen molar-refractivity contribution in [3.05, 3.63) is 18.2 Å². The maximum atomic E-state index is 12.1. The van der Waals surface area contributed by atoms with Gasteiger partial charge < -0.3 is 15.4 Å². The van der Waals surface area contributed by atoms with Crippen LogP contribution in [0.25, 0.3) is 10.2 Å². The smallest absolute Gasteiger partial charge is 0.232 e. The number of fused-ring (bicyclic) bond motifs is 1. The Labute approximate surface area is 166 Å². The van der Waals surface area contributed by atoms with Crippen LogP contribution < -0.4 is 5.32 Å². The van der Waals surface area contributed by atoms with Crippen molar-refractivity contribution in [1.29, 1.82) is 0 Å². The highest BCUT2D eigenvalue weighted by molar-refractivity contribution is 8.01. The van der Waals surface area contributed by atoms with E-state index in [2.05, 4.69) is 15.5 Å². The number of thioether (sulfide) groups is 1. The van der Waals surface area contributed by atoms with Crippen molar-refractivity contribution < 1.29 is 14.8 Å². The van der Waals surface area contributed by atoms with Crippen molar-refractivity contribution in [2.45, 2.75) is 38.0 Å². The zero-order chi connectivity index (χ0) is 19.8. The molecule has 1 heterocycles. The molecule has 0 bridgehead atoms. The van der Waals surface area contributed by atoms with E-state index >= 15 is 0 Å². The molecule has 1 aromatic carbocycles. The second-order valence-corrected chi connectivity index (χ2v) is 8.15. The Morgan fingerprint density at radius 1 is 1.30 bits per heavy atom. The van der Waals surface area contributed by atoms with Crippen LogP contribution in [0.4, 0.5) is 5.69 Å². The highest BCUT2D eigenvalue weighted by Crippen LogP contribution is 2.31. The summed E-state index contributed by atoms with van der Waals surface area (Å²) in [5.41, 5.74) is 2.06. The van der Waals surface area contributed by atoms with Gasteiger partial charge in [0.2, 0.25) is 11.8 Å². The summed E-state index contributed by atoms with van der Waals surface area (Å²) in [6.07, 6.45) is 0.664. The van der Waals surface area contributed by atoms with E-state index in [-0.39, 0.29) is 18.2 Å². The Balaban J connectivity index is 1.97. The van der Waals surface area contributed by atoms with Gasteiger partial charge in [-0.1, -0.05) is 16.9 Å². The minimum Gasteiger partial charge on any atom is -0.411 e. The molecule has 0 fully saturated rings. The summed E-state index contributed by atoms with van der Waals surface area (Å²) in [4.78, 5) is 30.4. The van der Waals surface area contributed by atoms with Crippen LogP contribution >= 0.6 is 23.1 Å². The molecule has 0 atom stereocenters. The molecule has 9 heteroatoms. The molecule has 0 saturated carbocycles. The van der Waals surface area contributed by atoms with E-state index in [1.54, 1.807) is 11.8 Å². The average molecular weight is 409 g/mol. The summed E-state index contributed by atoms with van der Waals surface area (Å²) in [6, 6.07) is 5.55. The van der Waals surface area contributed by atoms with Gasteiger partial charge in [-0.15, -0.1) is 11.3 Å². The zero-order valence-corrected chi connectivity index (χ0v) is 17.3. The number of nitrogens with zero attached hydrogens (tertiary/aromatic N) is 3. The van der Waals surface area contributed by atoms with Gasteiger partial charge in [0.15, 0.2) is 4.34 Å². The Hall–Kier alpha value is -2.13. The first kappa shape index (κ1) is 21.2. The number of aromatic nitrogens is 1. The fourth-order valence-electron chi connectivity index (χ4n) is 2.40. The predicted molar refractivity (Wildman–Crippen MR) is 111 cm³/mol. The minimum absolute atomic E-state index is 0.110. The first-order valence-electron chi connectivity index (χ1n) is 8.75. The summed E-state index contributed by atoms with van der Waals surface area (Å²) in [5, 5.41) is 14.5. The molecule has 7 nitrogen and oxygen atoms in total. The molecule has 1 aromatic heterocycles. The summed E-state index contributed by atoms with van der Waals surface area (Å²) in [7, 11) is 0. The largest absolute Gasteiger partial charge is 0.411 e. The van der Waals surface area contributed by atoms with Gasteiger partial charge in [0.1, 0.15) is 0 Å². The van der Waals surface area contributed by atoms with Crippen molar-refractivity contribution in [1.82, 2.24) is 9.88 Å². The second-order valence-electron chi connectivity index (χ2n) is 5.90. The van der Waals surface area contributed by atoms with E-state index in [1.807, 2.05) is 32.0 Å². The van der Waals surface area contributed by atoms with Crippen LogP contribution in [0.15, 0.2) is 27.7 Å². The zero-order valence-electron chi connectivity index (χ0n) is 15.7. The van der Waals surface area contributed by atoms with Crippen molar-refractivity contribution >= 4 is 56.5 Å². The van der Waals surface area contributed by atoms with Crippen LogP contribution in [0, 0.1) is 0 Å². The molecule has 2 N–H and O–H groups in total. The van der Waals surface area contributed by atoms with Crippen LogP contribution in [-0.2, 0) is 9.59 Å². The summed E-state index contributed by atoms with van der Waals surface area (Å²) in [6.45, 7) is 7.03. The lowest BCUT2D eigenvalue weighted by molar-refractivity contribution is -0.128. The molecular weight excluding hydrogens is 384 g/mol. The van der Waals surface area contributed by atoms with Crippen molar-refractivity contribution in [2.75, 3.05) is 24.2 Å². The number of benzene rings is 1. The number of amides is 2. The first-order chi connectivity index (χ1) is 13.0. The first-order valence-corrected chi connectivity index (χ1v) is 10.6. The van der Waals surface area contributed by atoms with E-state index in [9.17, 15) is 9.59 Å². The lowest BCUT2D eigenvalue weighted by atomic mass is 10.2. The highest BCUT2D eigenvalue weighted by Gasteiger charge is 2.13. The van der Waals surface area contributed by atoms with Gasteiger partial charge in [-0.3, -0.25) is 9.59 Å². The van der Waals surface area contributed by atoms with E-state index in [0.29, 0.717) is 36.7 Å². The van der Waals surface area contributed by atoms with E-state index < -0.39 is 0 Å². The fourth-order valence-corrected chi connectivity index (χ4v) is 4.41. The minimum atomic E-state index is -0.138. The van der Waals surface area contributed by atoms with E-state index in [1.165, 1.54) is 23.1 Å². The topological polar surface area (TPSA) is 94.9 Å². The van der Waals surface area contributed by atoms with Gasteiger partial charge in [0.05, 0.1) is 21.7 Å². The molecule has 27 heavy (non-hydrogen) atoms. The lowest BCUT2D eigenvalue weighted by Gasteiger charge is -2.17. The number of carbonyl (C=O) groups is 2. The number of oxime groups is 1. The quantitative estimate of drug-likeness (QED) is 0.285. The van der Waals surface area contributed by atoms with Gasteiger partial charge >= 0.3 is 0 Å². The fraction of sp³-hybridized carbons (Fsp3) is 0.444. The maximum absolute atomic E-state index is 12.1. The molecule has 0 aliphatic carbocycles. The Kier molecular flexibility index (Phi) is 8.05. The molecule has 0 spiro atoms. The third-order valence-corrected chi connectivity index (χ3v) is 6.12. The van der Waals surface area contributed by atoms with Gasteiger partial charge in [-0.25, -0.2) is 4.98 Å². The Bertz CT molecular complexity index is 831. The Morgan fingerprint density at radius 2 is 2.04 bits per heavy atom. The standard InChI is InChI=1S/C18H24N4O3S2/c1-4-22(5-2)17(24)11-26-18-20-14-8-7-13(10-15(14)27-18)19-16(23)9-6-12(3)21-25/h7-8,10,25H,4-6,9,11H2,1-3H3,(H,19,23). The normalized spacial score (nSPS) is 11.6. The molecular formula is C18H24N4O3S2. The number of hydrogen-bond acceptors (Lipinski definition) is 7. The number of carbonyl (C=O) groups excluding carboxylic acids is 2. The molecule has 0 unspecified atom stereocenters. The summed E-state index contributed by atoms with van der Waals surface area (Å²) < 4.78 is 1.79. The number of hydrogen-bond donors (Lipinski definition) is 2. The van der Waals surface area contributed by atoms with E-state index in [0.717, 1.165) is 14.6 Å². The molecule has 2 rings (SSSR count). The highest BCUT2D eigenvalue weighted by atomic mass is 32.2. The summed E-state index contributed by atoms with van der Waals surface area (Å²) in [5.74, 6) is 0.344. The lowest BCUT2D eigenvalue weighted by Crippen LogP contribution is -2.31. The second kappa shape index (κ2) is 10.3. The van der Waals surface area contributed by atoms with E-state index in [4.69, 9.17) is 5.21 Å². The average Bonchev–Trinajstić information content (AvgIpc) is 3.07. The van der Waals surface area contributed by atoms with Crippen molar-refractivity contribution in [2.24, 2.45) is 5.16 Å². The van der Waals surface area contributed by atoms with Crippen LogP contribution in [0.5, 0.6) is 0 Å². The van der Waals surface area contributed by atoms with Crippen molar-refractivity contribution in [3.63, 3.8) is 0 Å². The molecule has 2 aromatic rings. The third-order valence-electron chi connectivity index (χ3n) is 3.97. The third kappa shape index (κ3) is 6.21. The molecule has 0 aliphatic rings. The van der Waals surface area contributed by atoms with Crippen molar-refractivity contribution in [3.8, 4) is 0 Å². The van der Waals surface area contributed by atoms with Crippen LogP contribution in [0.3, 0.4) is 0 Å². The van der Waals surface area contributed by atoms with Crippen LogP contribution in [-0.4, -0.2) is 51.5 Å². The van der Waals surface area contributed by atoms with Crippen LogP contribution in [0.2, 0.25) is 0 Å². The van der Waals surface area contributed by atoms with Crippen LogP contribution in [0.1, 0.15) is 33.6 Å². The molecule has 2 amide bonds. The number of anilines is 1. The number of nitrogens with one attached hydrogen (secondary N) is 1. The van der Waals surface area contributed by atoms with Gasteiger partial charge in [-0.2, -0.15) is 0 Å². The monoisotopic (exact) mass is 408 g/mol. The van der Waals surface area contributed by atoms with Gasteiger partial charge in [-0.05, 0) is 45.4 Å². The Morgan fingerprint density at radius 3 is 2.70 bits per heavy atom.